The van der Waals surface area contributed by atoms with Crippen LogP contribution >= 0.6 is 0 Å². The Hall–Kier alpha value is -1.82. The average Bonchev–Trinajstić information content (AvgIpc) is 2.38. The molecule has 1 saturated heterocycles. The summed E-state index contributed by atoms with van der Waals surface area (Å²) >= 11 is 0. The number of hydrogen-bond donors (Lipinski definition) is 2. The Morgan fingerprint density at radius 3 is 2.53 bits per heavy atom. The predicted octanol–water partition coefficient (Wildman–Crippen LogP) is 0.892. The summed E-state index contributed by atoms with van der Waals surface area (Å²) in [6.07, 6.45) is 1.50. The van der Waals surface area contributed by atoms with E-state index < -0.39 is 5.97 Å². The summed E-state index contributed by atoms with van der Waals surface area (Å²) < 4.78 is 0. The lowest BCUT2D eigenvalue weighted by atomic mass is 10.2. The molecule has 3 N–H and O–H groups in total. The van der Waals surface area contributed by atoms with Crippen molar-refractivity contribution >= 4 is 17.5 Å². The molecular weight excluding hydrogens is 244 g/mol. The first-order chi connectivity index (χ1) is 9.00. The predicted molar refractivity (Wildman–Crippen MR) is 74.5 cm³/mol. The number of aromatic nitrogens is 1. The number of aromatic carboxylic acids is 1. The van der Waals surface area contributed by atoms with Crippen molar-refractivity contribution in [3.63, 3.8) is 0 Å². The molecule has 0 bridgehead atoms. The lowest BCUT2D eigenvalue weighted by Crippen LogP contribution is -2.49. The Labute approximate surface area is 112 Å². The molecule has 19 heavy (non-hydrogen) atoms. The minimum Gasteiger partial charge on any atom is -0.478 e. The molecule has 6 heteroatoms. The van der Waals surface area contributed by atoms with Gasteiger partial charge < -0.3 is 15.7 Å². The molecule has 1 fully saturated rings. The van der Waals surface area contributed by atoms with E-state index in [0.29, 0.717) is 11.9 Å². The maximum atomic E-state index is 11.1. The zero-order valence-electron chi connectivity index (χ0n) is 11.3. The zero-order valence-corrected chi connectivity index (χ0v) is 11.3. The van der Waals surface area contributed by atoms with Gasteiger partial charge in [-0.1, -0.05) is 0 Å². The number of nitrogens with two attached hydrogens (primary N) is 1. The highest BCUT2D eigenvalue weighted by molar-refractivity contribution is 5.96. The summed E-state index contributed by atoms with van der Waals surface area (Å²) in [7, 11) is 0. The number of piperazine rings is 1. The van der Waals surface area contributed by atoms with Crippen LogP contribution in [-0.2, 0) is 0 Å². The lowest BCUT2D eigenvalue weighted by Gasteiger charge is -2.37. The second kappa shape index (κ2) is 5.44. The Bertz CT molecular complexity index is 468. The van der Waals surface area contributed by atoms with Crippen molar-refractivity contribution in [3.8, 4) is 0 Å². The van der Waals surface area contributed by atoms with E-state index in [-0.39, 0.29) is 11.3 Å². The van der Waals surface area contributed by atoms with E-state index in [1.807, 2.05) is 0 Å². The topological polar surface area (TPSA) is 82.7 Å². The van der Waals surface area contributed by atoms with Crippen LogP contribution in [0.4, 0.5) is 11.5 Å². The van der Waals surface area contributed by atoms with E-state index >= 15 is 0 Å². The molecule has 0 atom stereocenters. The van der Waals surface area contributed by atoms with Crippen molar-refractivity contribution in [2.45, 2.75) is 19.9 Å². The molecule has 0 amide bonds. The number of anilines is 2. The Kier molecular flexibility index (Phi) is 3.90. The molecule has 1 aliphatic heterocycles. The number of carboxylic acids is 1. The summed E-state index contributed by atoms with van der Waals surface area (Å²) in [4.78, 5) is 19.7. The van der Waals surface area contributed by atoms with Gasteiger partial charge >= 0.3 is 5.97 Å². The van der Waals surface area contributed by atoms with Gasteiger partial charge in [0.05, 0.1) is 11.3 Å². The Balaban J connectivity index is 2.16. The van der Waals surface area contributed by atoms with Gasteiger partial charge in [0.2, 0.25) is 0 Å². The van der Waals surface area contributed by atoms with E-state index in [0.717, 1.165) is 26.2 Å². The van der Waals surface area contributed by atoms with Crippen LogP contribution in [0, 0.1) is 0 Å². The van der Waals surface area contributed by atoms with Crippen LogP contribution in [-0.4, -0.2) is 53.2 Å². The third-order valence-corrected chi connectivity index (χ3v) is 3.54. The second-order valence-corrected chi connectivity index (χ2v) is 5.02. The van der Waals surface area contributed by atoms with E-state index in [1.165, 1.54) is 12.3 Å². The number of nitrogens with zero attached hydrogens (tertiary/aromatic N) is 3. The van der Waals surface area contributed by atoms with Crippen LogP contribution in [0.15, 0.2) is 12.3 Å². The summed E-state index contributed by atoms with van der Waals surface area (Å²) in [5.41, 5.74) is 6.29. The van der Waals surface area contributed by atoms with E-state index in [4.69, 9.17) is 10.8 Å². The number of nitrogen functional groups attached to an aromatic ring is 1. The molecule has 2 rings (SSSR count). The van der Waals surface area contributed by atoms with Crippen LogP contribution in [0.25, 0.3) is 0 Å². The fourth-order valence-corrected chi connectivity index (χ4v) is 2.35. The molecule has 1 aromatic heterocycles. The van der Waals surface area contributed by atoms with Gasteiger partial charge in [-0.3, -0.25) is 4.90 Å². The molecule has 0 aliphatic carbocycles. The Morgan fingerprint density at radius 2 is 2.00 bits per heavy atom. The minimum absolute atomic E-state index is 0.122. The maximum absolute atomic E-state index is 11.1. The molecule has 0 aromatic carbocycles. The molecule has 104 valence electrons. The smallest absolute Gasteiger partial charge is 0.337 e. The Morgan fingerprint density at radius 1 is 1.37 bits per heavy atom. The van der Waals surface area contributed by atoms with Gasteiger partial charge in [-0.15, -0.1) is 0 Å². The first-order valence-electron chi connectivity index (χ1n) is 6.47. The monoisotopic (exact) mass is 264 g/mol. The van der Waals surface area contributed by atoms with Gasteiger partial charge in [0.1, 0.15) is 0 Å². The van der Waals surface area contributed by atoms with Gasteiger partial charge in [0.15, 0.2) is 5.82 Å². The first kappa shape index (κ1) is 13.6. The van der Waals surface area contributed by atoms with E-state index in [2.05, 4.69) is 28.6 Å². The van der Waals surface area contributed by atoms with Gasteiger partial charge in [-0.2, -0.15) is 0 Å². The highest BCUT2D eigenvalue weighted by Crippen LogP contribution is 2.25. The van der Waals surface area contributed by atoms with Crippen LogP contribution < -0.4 is 10.6 Å². The number of rotatable bonds is 3. The second-order valence-electron chi connectivity index (χ2n) is 5.02. The molecule has 1 aromatic rings. The highest BCUT2D eigenvalue weighted by Gasteiger charge is 2.23. The van der Waals surface area contributed by atoms with Crippen molar-refractivity contribution in [2.75, 3.05) is 36.8 Å². The average molecular weight is 264 g/mol. The molecule has 0 saturated carbocycles. The molecule has 0 radical (unpaired) electrons. The molecular formula is C13H20N4O2. The zero-order chi connectivity index (χ0) is 14.0. The van der Waals surface area contributed by atoms with Crippen molar-refractivity contribution in [3.05, 3.63) is 17.8 Å². The molecule has 0 unspecified atom stereocenters. The van der Waals surface area contributed by atoms with Crippen molar-refractivity contribution < 1.29 is 9.90 Å². The standard InChI is InChI=1S/C13H20N4O2/c1-9(2)16-5-7-17(8-6-16)12-11(14)10(13(18)19)3-4-15-12/h3-4,9H,5-8,14H2,1-2H3,(H,18,19). The number of hydrogen-bond acceptors (Lipinski definition) is 5. The van der Waals surface area contributed by atoms with Crippen molar-refractivity contribution in [2.24, 2.45) is 0 Å². The number of carboxylic acid groups (broad SMARTS) is 1. The highest BCUT2D eigenvalue weighted by atomic mass is 16.4. The third-order valence-electron chi connectivity index (χ3n) is 3.54. The third kappa shape index (κ3) is 2.78. The summed E-state index contributed by atoms with van der Waals surface area (Å²) in [5.74, 6) is -0.426. The maximum Gasteiger partial charge on any atom is 0.337 e. The summed E-state index contributed by atoms with van der Waals surface area (Å²) in [6, 6.07) is 1.96. The SMILES string of the molecule is CC(C)N1CCN(c2nccc(C(=O)O)c2N)CC1. The minimum atomic E-state index is -1.01. The lowest BCUT2D eigenvalue weighted by molar-refractivity contribution is 0.0698. The fraction of sp³-hybridized carbons (Fsp3) is 0.538. The van der Waals surface area contributed by atoms with Crippen LogP contribution in [0.3, 0.4) is 0 Å². The van der Waals surface area contributed by atoms with Crippen LogP contribution in [0.5, 0.6) is 0 Å². The van der Waals surface area contributed by atoms with Crippen molar-refractivity contribution in [1.82, 2.24) is 9.88 Å². The molecule has 2 heterocycles. The molecule has 6 nitrogen and oxygen atoms in total. The molecule has 1 aliphatic rings. The fourth-order valence-electron chi connectivity index (χ4n) is 2.35. The first-order valence-corrected chi connectivity index (χ1v) is 6.47. The van der Waals surface area contributed by atoms with Gasteiger partial charge in [0, 0.05) is 38.4 Å². The van der Waals surface area contributed by atoms with E-state index in [1.54, 1.807) is 0 Å². The van der Waals surface area contributed by atoms with Gasteiger partial charge in [-0.05, 0) is 19.9 Å². The number of carbonyl (C=O) groups is 1. The summed E-state index contributed by atoms with van der Waals surface area (Å²) in [6.45, 7) is 7.86. The normalized spacial score (nSPS) is 16.9. The van der Waals surface area contributed by atoms with Gasteiger partial charge in [0.25, 0.3) is 0 Å². The van der Waals surface area contributed by atoms with Gasteiger partial charge in [-0.25, -0.2) is 9.78 Å². The summed E-state index contributed by atoms with van der Waals surface area (Å²) in [5, 5.41) is 9.07. The molecule has 0 spiro atoms. The van der Waals surface area contributed by atoms with E-state index in [9.17, 15) is 4.79 Å². The number of pyridine rings is 1. The largest absolute Gasteiger partial charge is 0.478 e. The quantitative estimate of drug-likeness (QED) is 0.843. The van der Waals surface area contributed by atoms with Crippen molar-refractivity contribution in [1.29, 1.82) is 0 Å². The van der Waals surface area contributed by atoms with Crippen LogP contribution in [0.1, 0.15) is 24.2 Å². The van der Waals surface area contributed by atoms with Crippen LogP contribution in [0.2, 0.25) is 0 Å².